The lowest BCUT2D eigenvalue weighted by Gasteiger charge is -2.28. The van der Waals surface area contributed by atoms with Gasteiger partial charge in [0.15, 0.2) is 29.1 Å². The van der Waals surface area contributed by atoms with Crippen LogP contribution in [0.1, 0.15) is 19.4 Å². The molecule has 0 radical (unpaired) electrons. The van der Waals surface area contributed by atoms with Gasteiger partial charge in [0.25, 0.3) is 0 Å². The number of carboxylic acid groups (broad SMARTS) is 1. The first-order valence-corrected chi connectivity index (χ1v) is 10.6. The second-order valence-corrected chi connectivity index (χ2v) is 8.17. The van der Waals surface area contributed by atoms with Crippen LogP contribution in [0, 0.1) is 23.4 Å². The summed E-state index contributed by atoms with van der Waals surface area (Å²) in [4.78, 5) is 21.2. The Hall–Kier alpha value is -4.22. The van der Waals surface area contributed by atoms with Gasteiger partial charge in [0.1, 0.15) is 23.7 Å². The molecule has 0 aliphatic heterocycles. The molecule has 0 amide bonds. The van der Waals surface area contributed by atoms with Crippen LogP contribution >= 0.6 is 0 Å². The average Bonchev–Trinajstić information content (AvgIpc) is 3.47. The predicted molar refractivity (Wildman–Crippen MR) is 119 cm³/mol. The summed E-state index contributed by atoms with van der Waals surface area (Å²) in [6, 6.07) is 5.88. The Morgan fingerprint density at radius 1 is 1.17 bits per heavy atom. The molecule has 12 heteroatoms. The van der Waals surface area contributed by atoms with Gasteiger partial charge < -0.3 is 14.5 Å². The van der Waals surface area contributed by atoms with Gasteiger partial charge >= 0.3 is 5.97 Å². The van der Waals surface area contributed by atoms with E-state index in [1.807, 2.05) is 0 Å². The molecular weight excluding hydrogens is 465 g/mol. The highest BCUT2D eigenvalue weighted by Crippen LogP contribution is 2.28. The number of benzene rings is 1. The number of likely N-dealkylation sites (N-methyl/N-ethyl adjacent to an activating group) is 1. The summed E-state index contributed by atoms with van der Waals surface area (Å²) in [5, 5.41) is 17.9. The number of anilines is 1. The molecule has 1 atom stereocenters. The maximum Gasteiger partial charge on any atom is 0.326 e. The van der Waals surface area contributed by atoms with Crippen molar-refractivity contribution in [2.24, 2.45) is 5.92 Å². The van der Waals surface area contributed by atoms with E-state index in [2.05, 4.69) is 20.2 Å². The van der Waals surface area contributed by atoms with Gasteiger partial charge in [0.05, 0.1) is 18.4 Å². The van der Waals surface area contributed by atoms with Gasteiger partial charge in [-0.3, -0.25) is 4.68 Å². The Labute approximate surface area is 197 Å². The summed E-state index contributed by atoms with van der Waals surface area (Å²) in [6.45, 7) is 3.26. The van der Waals surface area contributed by atoms with Gasteiger partial charge in [-0.05, 0) is 18.1 Å². The fraction of sp³-hybridized carbons (Fsp3) is 0.261. The smallest absolute Gasteiger partial charge is 0.326 e. The van der Waals surface area contributed by atoms with Crippen LogP contribution in [0.15, 0.2) is 47.3 Å². The van der Waals surface area contributed by atoms with Crippen LogP contribution in [-0.2, 0) is 11.3 Å². The van der Waals surface area contributed by atoms with Gasteiger partial charge in [0.2, 0.25) is 0 Å². The number of aromatic nitrogens is 5. The van der Waals surface area contributed by atoms with E-state index in [1.54, 1.807) is 26.0 Å². The molecule has 9 nitrogen and oxygen atoms in total. The number of aliphatic carboxylic acids is 1. The van der Waals surface area contributed by atoms with Crippen LogP contribution < -0.4 is 4.90 Å². The molecule has 0 unspecified atom stereocenters. The third-order valence-corrected chi connectivity index (χ3v) is 5.42. The molecule has 0 spiro atoms. The third-order valence-electron chi connectivity index (χ3n) is 5.42. The number of carboxylic acids is 1. The lowest BCUT2D eigenvalue weighted by molar-refractivity contribution is -0.139. The molecule has 3 heterocycles. The lowest BCUT2D eigenvalue weighted by Crippen LogP contribution is -2.43. The summed E-state index contributed by atoms with van der Waals surface area (Å²) in [6.07, 6.45) is 2.27. The van der Waals surface area contributed by atoms with E-state index >= 15 is 0 Å². The van der Waals surface area contributed by atoms with Crippen molar-refractivity contribution in [2.75, 3.05) is 11.9 Å². The SMILES string of the molecule is CC(C)[C@@H](C(=O)O)N(C)c1nc(-c2cc(-c3ccon3)n(Cc3cccc(F)c3F)n2)ncc1F. The standard InChI is InChI=1S/C23H21F3N6O3/c1-12(2)20(23(33)34)31(3)22-15(25)10-27-21(28-22)17-9-18(16-7-8-35-30-16)32(29-17)11-13-5-4-6-14(24)19(13)26/h4-10,12,20H,11H2,1-3H3,(H,33,34)/t20-/m0/s1. The minimum absolute atomic E-state index is 0.00403. The zero-order valence-corrected chi connectivity index (χ0v) is 19.0. The van der Waals surface area contributed by atoms with E-state index in [1.165, 1.54) is 35.0 Å². The summed E-state index contributed by atoms with van der Waals surface area (Å²) in [5.74, 6) is -4.49. The summed E-state index contributed by atoms with van der Waals surface area (Å²) < 4.78 is 48.9. The van der Waals surface area contributed by atoms with Crippen molar-refractivity contribution in [2.45, 2.75) is 26.4 Å². The molecule has 4 aromatic rings. The van der Waals surface area contributed by atoms with Crippen LogP contribution in [0.25, 0.3) is 22.9 Å². The van der Waals surface area contributed by atoms with Gasteiger partial charge in [-0.25, -0.2) is 27.9 Å². The van der Waals surface area contributed by atoms with Gasteiger partial charge in [-0.1, -0.05) is 31.1 Å². The molecular formula is C23H21F3N6O3. The van der Waals surface area contributed by atoms with Crippen LogP contribution in [0.5, 0.6) is 0 Å². The third kappa shape index (κ3) is 4.72. The van der Waals surface area contributed by atoms with E-state index in [0.29, 0.717) is 11.4 Å². The van der Waals surface area contributed by atoms with Crippen LogP contribution in [0.4, 0.5) is 19.0 Å². The van der Waals surface area contributed by atoms with Crippen molar-refractivity contribution in [1.29, 1.82) is 0 Å². The van der Waals surface area contributed by atoms with Crippen molar-refractivity contribution >= 4 is 11.8 Å². The summed E-state index contributed by atoms with van der Waals surface area (Å²) in [7, 11) is 1.43. The first-order valence-electron chi connectivity index (χ1n) is 10.6. The molecule has 0 fully saturated rings. The largest absolute Gasteiger partial charge is 0.480 e. The van der Waals surface area contributed by atoms with E-state index in [4.69, 9.17) is 4.52 Å². The molecule has 35 heavy (non-hydrogen) atoms. The Balaban J connectivity index is 1.78. The van der Waals surface area contributed by atoms with Crippen molar-refractivity contribution < 1.29 is 27.6 Å². The Morgan fingerprint density at radius 3 is 2.60 bits per heavy atom. The zero-order valence-electron chi connectivity index (χ0n) is 19.0. The molecule has 0 aliphatic carbocycles. The zero-order chi connectivity index (χ0) is 25.3. The number of hydrogen-bond acceptors (Lipinski definition) is 7. The first kappa shape index (κ1) is 23.9. The molecule has 0 bridgehead atoms. The highest BCUT2D eigenvalue weighted by molar-refractivity contribution is 5.78. The fourth-order valence-electron chi connectivity index (χ4n) is 3.79. The second-order valence-electron chi connectivity index (χ2n) is 8.17. The molecule has 4 rings (SSSR count). The van der Waals surface area contributed by atoms with Gasteiger partial charge in [0, 0.05) is 18.7 Å². The molecule has 0 saturated heterocycles. The van der Waals surface area contributed by atoms with Crippen LogP contribution in [-0.4, -0.2) is 49.1 Å². The molecule has 3 aromatic heterocycles. The summed E-state index contributed by atoms with van der Waals surface area (Å²) >= 11 is 0. The van der Waals surface area contributed by atoms with Crippen molar-refractivity contribution in [3.8, 4) is 22.9 Å². The number of hydrogen-bond donors (Lipinski definition) is 1. The molecule has 1 N–H and O–H groups in total. The van der Waals surface area contributed by atoms with E-state index in [0.717, 1.165) is 12.3 Å². The highest BCUT2D eigenvalue weighted by Gasteiger charge is 2.29. The molecule has 0 saturated carbocycles. The first-order chi connectivity index (χ1) is 16.7. The maximum atomic E-state index is 14.6. The monoisotopic (exact) mass is 486 g/mol. The van der Waals surface area contributed by atoms with Crippen molar-refractivity contribution in [3.05, 3.63) is 65.8 Å². The van der Waals surface area contributed by atoms with E-state index < -0.39 is 29.5 Å². The minimum Gasteiger partial charge on any atom is -0.480 e. The molecule has 1 aromatic carbocycles. The second kappa shape index (κ2) is 9.57. The Kier molecular flexibility index (Phi) is 6.54. The van der Waals surface area contributed by atoms with Crippen LogP contribution in [0.2, 0.25) is 0 Å². The van der Waals surface area contributed by atoms with Gasteiger partial charge in [-0.15, -0.1) is 0 Å². The van der Waals surface area contributed by atoms with Crippen molar-refractivity contribution in [3.63, 3.8) is 0 Å². The number of halogens is 3. The fourth-order valence-corrected chi connectivity index (χ4v) is 3.79. The predicted octanol–water partition coefficient (Wildman–Crippen LogP) is 4.01. The average molecular weight is 486 g/mol. The summed E-state index contributed by atoms with van der Waals surface area (Å²) in [5.41, 5.74) is 0.994. The number of nitrogens with zero attached hydrogens (tertiary/aromatic N) is 6. The normalized spacial score (nSPS) is 12.2. The van der Waals surface area contributed by atoms with Crippen molar-refractivity contribution in [1.82, 2.24) is 24.9 Å². The number of rotatable bonds is 8. The topological polar surface area (TPSA) is 110 Å². The highest BCUT2D eigenvalue weighted by atomic mass is 19.2. The minimum atomic E-state index is -1.13. The quantitative estimate of drug-likeness (QED) is 0.398. The Morgan fingerprint density at radius 2 is 1.94 bits per heavy atom. The molecule has 0 aliphatic rings. The van der Waals surface area contributed by atoms with Crippen LogP contribution in [0.3, 0.4) is 0 Å². The van der Waals surface area contributed by atoms with E-state index in [-0.39, 0.29) is 35.4 Å². The van der Waals surface area contributed by atoms with Gasteiger partial charge in [-0.2, -0.15) is 5.10 Å². The number of carbonyl (C=O) groups is 1. The maximum absolute atomic E-state index is 14.6. The van der Waals surface area contributed by atoms with E-state index in [9.17, 15) is 23.1 Å². The molecule has 182 valence electrons. The lowest BCUT2D eigenvalue weighted by atomic mass is 10.0. The Bertz CT molecular complexity index is 1360.